The van der Waals surface area contributed by atoms with Crippen LogP contribution in [0.25, 0.3) is 16.7 Å². The number of rotatable bonds is 6. The molecular weight excluding hydrogens is 500 g/mol. The molecule has 0 fully saturated rings. The van der Waals surface area contributed by atoms with Crippen LogP contribution in [-0.2, 0) is 4.74 Å². The van der Waals surface area contributed by atoms with E-state index in [1.165, 1.54) is 22.3 Å². The molecule has 1 atom stereocenters. The number of hydrogen-bond acceptors (Lipinski definition) is 3. The van der Waals surface area contributed by atoms with Gasteiger partial charge in [0.15, 0.2) is 0 Å². The predicted octanol–water partition coefficient (Wildman–Crippen LogP) is 9.07. The largest absolute Gasteiger partial charge is 0.439 e. The minimum atomic E-state index is -0.987. The quantitative estimate of drug-likeness (QED) is 0.219. The van der Waals surface area contributed by atoms with E-state index in [0.29, 0.717) is 5.90 Å². The van der Waals surface area contributed by atoms with Gasteiger partial charge in [0.05, 0.1) is 5.69 Å². The van der Waals surface area contributed by atoms with Crippen LogP contribution in [0.3, 0.4) is 0 Å². The molecule has 0 aromatic heterocycles. The number of hydrazone groups is 1. The van der Waals surface area contributed by atoms with Gasteiger partial charge in [0.25, 0.3) is 5.72 Å². The molecule has 1 spiro atoms. The summed E-state index contributed by atoms with van der Waals surface area (Å²) in [6.07, 6.45) is 0.776. The molecule has 7 rings (SSSR count). The first-order valence-corrected chi connectivity index (χ1v) is 14.1. The average molecular weight is 531 g/mol. The smallest absolute Gasteiger partial charge is 0.254 e. The number of allylic oxidation sites excluding steroid dienone is 2. The van der Waals surface area contributed by atoms with E-state index in [4.69, 9.17) is 9.84 Å². The van der Waals surface area contributed by atoms with Gasteiger partial charge < -0.3 is 4.74 Å². The monoisotopic (exact) mass is 530 g/mol. The van der Waals surface area contributed by atoms with Gasteiger partial charge in [-0.25, -0.2) is 5.01 Å². The Morgan fingerprint density at radius 2 is 0.976 bits per heavy atom. The standard InChI is InChI=1S/C38H30N2O/c1-2-33-34(28-18-8-3-9-19-28)35(29-20-10-4-11-21-29)36(30-22-12-5-13-23-30)38(33)40(32-26-16-7-17-27-32)39-37(41-38)31-24-14-6-15-25-31/h3-27H,2H2,1H3. The molecule has 198 valence electrons. The van der Waals surface area contributed by atoms with Crippen LogP contribution < -0.4 is 5.01 Å². The maximum absolute atomic E-state index is 7.30. The van der Waals surface area contributed by atoms with Crippen molar-refractivity contribution in [3.05, 3.63) is 179 Å². The van der Waals surface area contributed by atoms with Crippen LogP contribution in [0.1, 0.15) is 35.6 Å². The SMILES string of the molecule is CCC1=C(c2ccccc2)C(c2ccccc2)=C(c2ccccc2)C12OC(c1ccccc1)=NN2c1ccccc1. The molecule has 1 heterocycles. The highest BCUT2D eigenvalue weighted by Crippen LogP contribution is 2.59. The van der Waals surface area contributed by atoms with Gasteiger partial charge in [0.1, 0.15) is 0 Å². The zero-order chi connectivity index (χ0) is 27.6. The number of ether oxygens (including phenoxy) is 1. The Morgan fingerprint density at radius 1 is 0.537 bits per heavy atom. The highest BCUT2D eigenvalue weighted by molar-refractivity contribution is 6.23. The molecule has 0 saturated heterocycles. The summed E-state index contributed by atoms with van der Waals surface area (Å²) >= 11 is 0. The molecule has 41 heavy (non-hydrogen) atoms. The van der Waals surface area contributed by atoms with Gasteiger partial charge in [-0.05, 0) is 58.5 Å². The van der Waals surface area contributed by atoms with Crippen LogP contribution in [0, 0.1) is 0 Å². The van der Waals surface area contributed by atoms with Crippen molar-refractivity contribution in [3.8, 4) is 0 Å². The van der Waals surface area contributed by atoms with Crippen molar-refractivity contribution < 1.29 is 4.74 Å². The van der Waals surface area contributed by atoms with E-state index in [1.54, 1.807) is 0 Å². The van der Waals surface area contributed by atoms with Gasteiger partial charge in [-0.3, -0.25) is 0 Å². The van der Waals surface area contributed by atoms with Crippen LogP contribution in [-0.4, -0.2) is 11.6 Å². The summed E-state index contributed by atoms with van der Waals surface area (Å²) in [5, 5.41) is 7.36. The molecule has 1 aliphatic heterocycles. The average Bonchev–Trinajstić information content (AvgIpc) is 3.59. The molecule has 1 aliphatic carbocycles. The number of para-hydroxylation sites is 1. The third-order valence-electron chi connectivity index (χ3n) is 7.85. The van der Waals surface area contributed by atoms with Gasteiger partial charge in [-0.2, -0.15) is 0 Å². The van der Waals surface area contributed by atoms with Crippen LogP contribution in [0.4, 0.5) is 5.69 Å². The lowest BCUT2D eigenvalue weighted by Crippen LogP contribution is -2.46. The third kappa shape index (κ3) is 4.09. The van der Waals surface area contributed by atoms with Crippen molar-refractivity contribution in [2.24, 2.45) is 5.10 Å². The third-order valence-corrected chi connectivity index (χ3v) is 7.85. The molecule has 3 nitrogen and oxygen atoms in total. The lowest BCUT2D eigenvalue weighted by atomic mass is 9.88. The first-order valence-electron chi connectivity index (χ1n) is 14.1. The molecule has 1 unspecified atom stereocenters. The predicted molar refractivity (Wildman–Crippen MR) is 169 cm³/mol. The van der Waals surface area contributed by atoms with E-state index < -0.39 is 5.72 Å². The van der Waals surface area contributed by atoms with Crippen LogP contribution >= 0.6 is 0 Å². The van der Waals surface area contributed by atoms with Crippen molar-refractivity contribution in [2.75, 3.05) is 5.01 Å². The molecule has 0 radical (unpaired) electrons. The van der Waals surface area contributed by atoms with E-state index in [-0.39, 0.29) is 0 Å². The summed E-state index contributed by atoms with van der Waals surface area (Å²) in [6, 6.07) is 52.7. The lowest BCUT2D eigenvalue weighted by molar-refractivity contribution is 0.179. The summed E-state index contributed by atoms with van der Waals surface area (Å²) in [6.45, 7) is 2.23. The van der Waals surface area contributed by atoms with E-state index in [9.17, 15) is 0 Å². The minimum Gasteiger partial charge on any atom is -0.439 e. The highest BCUT2D eigenvalue weighted by Gasteiger charge is 2.57. The van der Waals surface area contributed by atoms with Gasteiger partial charge >= 0.3 is 0 Å². The van der Waals surface area contributed by atoms with Crippen molar-refractivity contribution >= 4 is 28.3 Å². The van der Waals surface area contributed by atoms with E-state index >= 15 is 0 Å². The van der Waals surface area contributed by atoms with Crippen LogP contribution in [0.5, 0.6) is 0 Å². The Balaban J connectivity index is 1.61. The van der Waals surface area contributed by atoms with Crippen LogP contribution in [0.2, 0.25) is 0 Å². The van der Waals surface area contributed by atoms with Gasteiger partial charge in [0, 0.05) is 16.7 Å². The van der Waals surface area contributed by atoms with Gasteiger partial charge in [-0.1, -0.05) is 134 Å². The Labute approximate surface area is 241 Å². The van der Waals surface area contributed by atoms with Crippen molar-refractivity contribution in [1.82, 2.24) is 0 Å². The first-order chi connectivity index (χ1) is 20.3. The normalized spacial score (nSPS) is 18.2. The summed E-state index contributed by atoms with van der Waals surface area (Å²) < 4.78 is 7.30. The molecule has 0 bridgehead atoms. The second-order valence-electron chi connectivity index (χ2n) is 10.2. The highest BCUT2D eigenvalue weighted by atomic mass is 16.6. The second kappa shape index (κ2) is 10.4. The Hall–Kier alpha value is -5.15. The molecule has 5 aromatic rings. The van der Waals surface area contributed by atoms with Crippen molar-refractivity contribution in [3.63, 3.8) is 0 Å². The van der Waals surface area contributed by atoms with E-state index in [2.05, 4.69) is 139 Å². The van der Waals surface area contributed by atoms with Crippen molar-refractivity contribution in [2.45, 2.75) is 19.1 Å². The molecule has 3 heteroatoms. The maximum atomic E-state index is 7.30. The molecule has 2 aliphatic rings. The fourth-order valence-corrected chi connectivity index (χ4v) is 6.16. The molecule has 0 amide bonds. The number of anilines is 1. The van der Waals surface area contributed by atoms with Crippen LogP contribution in [0.15, 0.2) is 162 Å². The van der Waals surface area contributed by atoms with Gasteiger partial charge in [0.2, 0.25) is 5.90 Å². The van der Waals surface area contributed by atoms with E-state index in [1.807, 2.05) is 24.3 Å². The number of nitrogens with zero attached hydrogens (tertiary/aromatic N) is 2. The topological polar surface area (TPSA) is 24.8 Å². The summed E-state index contributed by atoms with van der Waals surface area (Å²) in [4.78, 5) is 0. The fraction of sp³-hybridized carbons (Fsp3) is 0.0789. The molecular formula is C38H30N2O. The van der Waals surface area contributed by atoms with E-state index in [0.717, 1.165) is 34.4 Å². The summed E-state index contributed by atoms with van der Waals surface area (Å²) in [7, 11) is 0. The zero-order valence-corrected chi connectivity index (χ0v) is 22.9. The van der Waals surface area contributed by atoms with Gasteiger partial charge in [-0.15, -0.1) is 5.10 Å². The zero-order valence-electron chi connectivity index (χ0n) is 22.9. The Morgan fingerprint density at radius 3 is 1.49 bits per heavy atom. The minimum absolute atomic E-state index is 0.607. The molecule has 0 saturated carbocycles. The maximum Gasteiger partial charge on any atom is 0.254 e. The Kier molecular flexibility index (Phi) is 6.33. The Bertz CT molecular complexity index is 1760. The molecule has 5 aromatic carbocycles. The summed E-state index contributed by atoms with van der Waals surface area (Å²) in [5.74, 6) is 0.607. The molecule has 0 N–H and O–H groups in total. The van der Waals surface area contributed by atoms with Crippen molar-refractivity contribution in [1.29, 1.82) is 0 Å². The fourth-order valence-electron chi connectivity index (χ4n) is 6.16. The summed E-state index contributed by atoms with van der Waals surface area (Å²) in [5.41, 5.74) is 9.00. The number of benzene rings is 5. The second-order valence-corrected chi connectivity index (χ2v) is 10.2. The first kappa shape index (κ1) is 24.9. The number of hydrogen-bond donors (Lipinski definition) is 0. The lowest BCUT2D eigenvalue weighted by Gasteiger charge is -2.38.